The Balaban J connectivity index is 2.50. The molecule has 2 amide bonds. The van der Waals surface area contributed by atoms with Crippen LogP contribution >= 0.6 is 0 Å². The van der Waals surface area contributed by atoms with Gasteiger partial charge in [-0.15, -0.1) is 0 Å². The molecule has 5 nitrogen and oxygen atoms in total. The van der Waals surface area contributed by atoms with Gasteiger partial charge in [0.05, 0.1) is 0 Å². The summed E-state index contributed by atoms with van der Waals surface area (Å²) >= 11 is 0. The predicted octanol–water partition coefficient (Wildman–Crippen LogP) is 4.28. The molecule has 3 N–H and O–H groups in total. The summed E-state index contributed by atoms with van der Waals surface area (Å²) < 4.78 is 0. The largest absolute Gasteiger partial charge is 0.369 e. The van der Waals surface area contributed by atoms with Crippen LogP contribution in [0.3, 0.4) is 0 Å². The van der Waals surface area contributed by atoms with Crippen LogP contribution < -0.4 is 5.73 Å². The molecule has 0 fully saturated rings. The minimum atomic E-state index is -0.613. The van der Waals surface area contributed by atoms with Gasteiger partial charge in [-0.2, -0.15) is 0 Å². The molecule has 27 heavy (non-hydrogen) atoms. The minimum absolute atomic E-state index is 0.166. The number of imide groups is 1. The van der Waals surface area contributed by atoms with E-state index in [9.17, 15) is 9.59 Å². The highest BCUT2D eigenvalue weighted by Gasteiger charge is 2.28. The molecule has 0 heterocycles. The number of amides is 2. The summed E-state index contributed by atoms with van der Waals surface area (Å²) in [5.74, 6) is -1.51. The van der Waals surface area contributed by atoms with Crippen molar-refractivity contribution < 1.29 is 9.59 Å². The lowest BCUT2D eigenvalue weighted by molar-refractivity contribution is 0.0711. The highest BCUT2D eigenvalue weighted by molar-refractivity contribution is 6.20. The molecule has 5 heteroatoms. The Labute approximate surface area is 160 Å². The van der Waals surface area contributed by atoms with Gasteiger partial charge >= 0.3 is 0 Å². The fraction of sp³-hybridized carbons (Fsp3) is 0.318. The third-order valence-corrected chi connectivity index (χ3v) is 4.40. The zero-order valence-corrected chi connectivity index (χ0v) is 16.5. The van der Waals surface area contributed by atoms with Gasteiger partial charge in [0.25, 0.3) is 11.8 Å². The number of nitrogens with one attached hydrogen (secondary N) is 1. The minimum Gasteiger partial charge on any atom is -0.369 e. The Morgan fingerprint density at radius 1 is 0.963 bits per heavy atom. The number of rotatable bonds is 3. The van der Waals surface area contributed by atoms with E-state index in [4.69, 9.17) is 11.1 Å². The van der Waals surface area contributed by atoms with Crippen LogP contribution in [0.25, 0.3) is 0 Å². The first kappa shape index (κ1) is 20.4. The normalized spacial score (nSPS) is 11.3. The van der Waals surface area contributed by atoms with E-state index in [2.05, 4.69) is 34.6 Å². The van der Waals surface area contributed by atoms with E-state index >= 15 is 0 Å². The molecule has 2 aromatic carbocycles. The second kappa shape index (κ2) is 7.74. The third-order valence-electron chi connectivity index (χ3n) is 4.40. The first-order valence-corrected chi connectivity index (χ1v) is 8.96. The molecule has 0 aliphatic heterocycles. The smallest absolute Gasteiger partial charge is 0.267 e. The van der Waals surface area contributed by atoms with Gasteiger partial charge in [0, 0.05) is 11.1 Å². The Morgan fingerprint density at radius 3 is 2.00 bits per heavy atom. The molecule has 0 aliphatic carbocycles. The van der Waals surface area contributed by atoms with Crippen molar-refractivity contribution in [3.8, 4) is 0 Å². The fourth-order valence-corrected chi connectivity index (χ4v) is 2.99. The summed E-state index contributed by atoms with van der Waals surface area (Å²) in [4.78, 5) is 26.5. The maximum absolute atomic E-state index is 13.0. The molecule has 2 rings (SSSR count). The van der Waals surface area contributed by atoms with Gasteiger partial charge in [-0.3, -0.25) is 15.0 Å². The molecule has 0 radical (unpaired) electrons. The molecule has 0 atom stereocenters. The molecule has 0 saturated heterocycles. The highest BCUT2D eigenvalue weighted by Crippen LogP contribution is 2.31. The molecule has 142 valence electrons. The van der Waals surface area contributed by atoms with Gasteiger partial charge in [0.2, 0.25) is 5.96 Å². The van der Waals surface area contributed by atoms with Gasteiger partial charge < -0.3 is 5.73 Å². The second-order valence-corrected chi connectivity index (χ2v) is 7.90. The maximum Gasteiger partial charge on any atom is 0.267 e. The first-order valence-electron chi connectivity index (χ1n) is 8.96. The number of carbonyl (C=O) groups excluding carboxylic acids is 2. The summed E-state index contributed by atoms with van der Waals surface area (Å²) in [5, 5.41) is 7.76. The molecular weight excluding hydrogens is 338 g/mol. The zero-order valence-electron chi connectivity index (χ0n) is 16.5. The van der Waals surface area contributed by atoms with E-state index < -0.39 is 17.8 Å². The van der Waals surface area contributed by atoms with E-state index in [-0.39, 0.29) is 5.41 Å². The van der Waals surface area contributed by atoms with Crippen molar-refractivity contribution in [1.82, 2.24) is 4.90 Å². The number of nitrogens with two attached hydrogens (primary N) is 1. The van der Waals surface area contributed by atoms with Crippen molar-refractivity contribution in [2.24, 2.45) is 5.73 Å². The summed E-state index contributed by atoms with van der Waals surface area (Å²) in [7, 11) is 0. The van der Waals surface area contributed by atoms with E-state index in [0.29, 0.717) is 21.9 Å². The lowest BCUT2D eigenvalue weighted by Crippen LogP contribution is -2.45. The number of hydrogen-bond donors (Lipinski definition) is 2. The first-order chi connectivity index (χ1) is 12.5. The molecule has 2 aromatic rings. The number of nitrogens with zero attached hydrogens (tertiary/aromatic N) is 1. The van der Waals surface area contributed by atoms with Crippen LogP contribution in [-0.4, -0.2) is 22.7 Å². The van der Waals surface area contributed by atoms with Crippen molar-refractivity contribution in [3.63, 3.8) is 0 Å². The second-order valence-electron chi connectivity index (χ2n) is 7.90. The van der Waals surface area contributed by atoms with Crippen molar-refractivity contribution in [1.29, 1.82) is 5.41 Å². The van der Waals surface area contributed by atoms with Crippen molar-refractivity contribution >= 4 is 17.8 Å². The van der Waals surface area contributed by atoms with Gasteiger partial charge in [-0.05, 0) is 46.7 Å². The summed E-state index contributed by atoms with van der Waals surface area (Å²) in [6.07, 6.45) is 0. The summed E-state index contributed by atoms with van der Waals surface area (Å²) in [6.45, 7) is 10.5. The van der Waals surface area contributed by atoms with Crippen LogP contribution in [0.5, 0.6) is 0 Å². The standard InChI is InChI=1S/C22H27N3O2/c1-14(2)17-12-11-16(13-18(17)22(3,4)5)20(27)25(21(23)24)19(26)15-9-7-6-8-10-15/h6-14H,1-5H3,(H3,23,24). The molecule has 0 saturated carbocycles. The SMILES string of the molecule is CC(C)c1ccc(C(=O)N(C(=N)N)C(=O)c2ccccc2)cc1C(C)(C)C. The van der Waals surface area contributed by atoms with Gasteiger partial charge in [-0.1, -0.05) is 58.9 Å². The molecular formula is C22H27N3O2. The van der Waals surface area contributed by atoms with E-state index in [0.717, 1.165) is 11.1 Å². The van der Waals surface area contributed by atoms with Crippen LogP contribution in [0.1, 0.15) is 72.4 Å². The maximum atomic E-state index is 13.0. The fourth-order valence-electron chi connectivity index (χ4n) is 2.99. The van der Waals surface area contributed by atoms with Crippen LogP contribution in [0, 0.1) is 5.41 Å². The molecule has 0 aliphatic rings. The Bertz CT molecular complexity index is 865. The third kappa shape index (κ3) is 4.42. The number of benzene rings is 2. The Hall–Kier alpha value is -2.95. The number of guanidine groups is 1. The van der Waals surface area contributed by atoms with Crippen molar-refractivity contribution in [2.75, 3.05) is 0 Å². The average molecular weight is 365 g/mol. The van der Waals surface area contributed by atoms with Crippen LogP contribution in [-0.2, 0) is 5.41 Å². The Morgan fingerprint density at radius 2 is 1.52 bits per heavy atom. The van der Waals surface area contributed by atoms with Crippen LogP contribution in [0.15, 0.2) is 48.5 Å². The average Bonchev–Trinajstić information content (AvgIpc) is 2.60. The van der Waals surface area contributed by atoms with E-state index in [1.807, 2.05) is 12.1 Å². The van der Waals surface area contributed by atoms with Crippen molar-refractivity contribution in [3.05, 3.63) is 70.8 Å². The molecule has 0 aromatic heterocycles. The lowest BCUT2D eigenvalue weighted by atomic mass is 9.80. The van der Waals surface area contributed by atoms with E-state index in [1.54, 1.807) is 36.4 Å². The lowest BCUT2D eigenvalue weighted by Gasteiger charge is -2.26. The zero-order chi connectivity index (χ0) is 20.4. The van der Waals surface area contributed by atoms with Crippen LogP contribution in [0.4, 0.5) is 0 Å². The molecule has 0 spiro atoms. The number of hydrogen-bond acceptors (Lipinski definition) is 3. The molecule has 0 unspecified atom stereocenters. The van der Waals surface area contributed by atoms with Crippen LogP contribution in [0.2, 0.25) is 0 Å². The van der Waals surface area contributed by atoms with Gasteiger partial charge in [0.15, 0.2) is 0 Å². The van der Waals surface area contributed by atoms with Crippen molar-refractivity contribution in [2.45, 2.75) is 46.0 Å². The monoisotopic (exact) mass is 365 g/mol. The molecule has 0 bridgehead atoms. The highest BCUT2D eigenvalue weighted by atomic mass is 16.2. The predicted molar refractivity (Wildman–Crippen MR) is 108 cm³/mol. The van der Waals surface area contributed by atoms with Gasteiger partial charge in [0.1, 0.15) is 0 Å². The number of carbonyl (C=O) groups is 2. The van der Waals surface area contributed by atoms with E-state index in [1.165, 1.54) is 0 Å². The quantitative estimate of drug-likeness (QED) is 0.483. The summed E-state index contributed by atoms with van der Waals surface area (Å²) in [6, 6.07) is 13.8. The summed E-state index contributed by atoms with van der Waals surface area (Å²) in [5.41, 5.74) is 8.25. The Kier molecular flexibility index (Phi) is 5.84. The topological polar surface area (TPSA) is 87.2 Å². The van der Waals surface area contributed by atoms with Gasteiger partial charge in [-0.25, -0.2) is 4.90 Å².